The highest BCUT2D eigenvalue weighted by atomic mass is 32.2. The number of para-hydroxylation sites is 1. The van der Waals surface area contributed by atoms with E-state index in [-0.39, 0.29) is 17.2 Å². The van der Waals surface area contributed by atoms with Gasteiger partial charge in [0, 0.05) is 6.20 Å². The minimum Gasteiger partial charge on any atom is -0.463 e. The van der Waals surface area contributed by atoms with Gasteiger partial charge in [-0.15, -0.1) is 10.2 Å². The van der Waals surface area contributed by atoms with Crippen molar-refractivity contribution >= 4 is 27.3 Å². The smallest absolute Gasteiger partial charge is 0.373 e. The largest absolute Gasteiger partial charge is 0.463 e. The number of methoxy groups -OCH3 is 1. The second kappa shape index (κ2) is 7.64. The molecule has 154 valence electrons. The van der Waals surface area contributed by atoms with Gasteiger partial charge in [-0.3, -0.25) is 8.71 Å². The number of sulfonamides is 1. The summed E-state index contributed by atoms with van der Waals surface area (Å²) in [6.45, 7) is 1.63. The number of hydrogen-bond donors (Lipinski definition) is 0. The maximum Gasteiger partial charge on any atom is 0.373 e. The molecule has 0 saturated heterocycles. The SMILES string of the molecule is COC(=O)c1ccc(CN(c2ccccc2)S(=O)(=O)c2ccc3nnc(C)n3c2)o1. The molecule has 9 nitrogen and oxygen atoms in total. The molecule has 0 spiro atoms. The molecule has 0 fully saturated rings. The number of pyridine rings is 1. The van der Waals surface area contributed by atoms with Gasteiger partial charge >= 0.3 is 5.97 Å². The first kappa shape index (κ1) is 19.6. The van der Waals surface area contributed by atoms with Gasteiger partial charge in [0.2, 0.25) is 5.76 Å². The van der Waals surface area contributed by atoms with E-state index < -0.39 is 16.0 Å². The number of fused-ring (bicyclic) bond motifs is 1. The number of carbonyl (C=O) groups excluding carboxylic acids is 1. The Morgan fingerprint density at radius 2 is 1.87 bits per heavy atom. The van der Waals surface area contributed by atoms with Gasteiger partial charge in [-0.25, -0.2) is 13.2 Å². The van der Waals surface area contributed by atoms with Crippen molar-refractivity contribution in [2.75, 3.05) is 11.4 Å². The molecule has 1 aromatic carbocycles. The monoisotopic (exact) mass is 426 g/mol. The first-order chi connectivity index (χ1) is 14.4. The lowest BCUT2D eigenvalue weighted by molar-refractivity contribution is 0.0563. The molecular weight excluding hydrogens is 408 g/mol. The Labute approximate surface area is 172 Å². The van der Waals surface area contributed by atoms with E-state index in [0.717, 1.165) is 0 Å². The van der Waals surface area contributed by atoms with Crippen molar-refractivity contribution in [3.8, 4) is 0 Å². The summed E-state index contributed by atoms with van der Waals surface area (Å²) in [7, 11) is -2.73. The number of carbonyl (C=O) groups is 1. The van der Waals surface area contributed by atoms with Gasteiger partial charge in [0.15, 0.2) is 5.65 Å². The molecule has 0 N–H and O–H groups in total. The van der Waals surface area contributed by atoms with Crippen molar-refractivity contribution in [2.45, 2.75) is 18.4 Å². The molecule has 4 aromatic rings. The molecule has 4 rings (SSSR count). The number of hydrogen-bond acceptors (Lipinski definition) is 7. The van der Waals surface area contributed by atoms with E-state index >= 15 is 0 Å². The third kappa shape index (κ3) is 3.52. The van der Waals surface area contributed by atoms with Crippen molar-refractivity contribution < 1.29 is 22.4 Å². The normalized spacial score (nSPS) is 11.5. The van der Waals surface area contributed by atoms with Crippen LogP contribution in [-0.4, -0.2) is 36.1 Å². The first-order valence-corrected chi connectivity index (χ1v) is 10.4. The minimum absolute atomic E-state index is 0.000515. The highest BCUT2D eigenvalue weighted by Gasteiger charge is 2.27. The quantitative estimate of drug-likeness (QED) is 0.436. The van der Waals surface area contributed by atoms with Crippen LogP contribution in [0.5, 0.6) is 0 Å². The van der Waals surface area contributed by atoms with Crippen LogP contribution in [0.1, 0.15) is 22.1 Å². The zero-order valence-electron chi connectivity index (χ0n) is 16.2. The Balaban J connectivity index is 1.77. The molecule has 0 bridgehead atoms. The van der Waals surface area contributed by atoms with Gasteiger partial charge in [-0.1, -0.05) is 18.2 Å². The lowest BCUT2D eigenvalue weighted by Crippen LogP contribution is -2.30. The summed E-state index contributed by atoms with van der Waals surface area (Å²) in [6.07, 6.45) is 1.48. The number of ether oxygens (including phenoxy) is 1. The first-order valence-electron chi connectivity index (χ1n) is 8.96. The highest BCUT2D eigenvalue weighted by Crippen LogP contribution is 2.27. The average molecular weight is 426 g/mol. The van der Waals surface area contributed by atoms with Crippen molar-refractivity contribution in [1.82, 2.24) is 14.6 Å². The van der Waals surface area contributed by atoms with Crippen LogP contribution in [-0.2, 0) is 21.3 Å². The van der Waals surface area contributed by atoms with E-state index in [4.69, 9.17) is 4.42 Å². The van der Waals surface area contributed by atoms with E-state index in [1.165, 1.54) is 29.7 Å². The second-order valence-corrected chi connectivity index (χ2v) is 8.31. The van der Waals surface area contributed by atoms with Gasteiger partial charge in [0.1, 0.15) is 16.5 Å². The number of anilines is 1. The third-order valence-electron chi connectivity index (χ3n) is 4.53. The third-order valence-corrected chi connectivity index (χ3v) is 6.28. The molecule has 0 atom stereocenters. The summed E-state index contributed by atoms with van der Waals surface area (Å²) in [6, 6.07) is 14.7. The number of aryl methyl sites for hydroxylation is 1. The maximum atomic E-state index is 13.5. The average Bonchev–Trinajstić information content (AvgIpc) is 3.38. The number of aromatic nitrogens is 3. The Morgan fingerprint density at radius 1 is 1.10 bits per heavy atom. The fourth-order valence-electron chi connectivity index (χ4n) is 2.99. The summed E-state index contributed by atoms with van der Waals surface area (Å²) in [5.74, 6) is 0.231. The van der Waals surface area contributed by atoms with Crippen LogP contribution in [0.2, 0.25) is 0 Å². The highest BCUT2D eigenvalue weighted by molar-refractivity contribution is 7.92. The number of esters is 1. The van der Waals surface area contributed by atoms with Crippen LogP contribution >= 0.6 is 0 Å². The van der Waals surface area contributed by atoms with Gasteiger partial charge < -0.3 is 9.15 Å². The summed E-state index contributed by atoms with van der Waals surface area (Å²) < 4.78 is 40.1. The molecule has 30 heavy (non-hydrogen) atoms. The maximum absolute atomic E-state index is 13.5. The second-order valence-electron chi connectivity index (χ2n) is 6.44. The number of benzene rings is 1. The fraction of sp³-hybridized carbons (Fsp3) is 0.150. The van der Waals surface area contributed by atoms with Gasteiger partial charge in [0.05, 0.1) is 19.3 Å². The standard InChI is InChI=1S/C20H18N4O5S/c1-14-21-22-19-11-9-17(13-23(14)19)30(26,27)24(15-6-4-3-5-7-15)12-16-8-10-18(29-16)20(25)28-2/h3-11,13H,12H2,1-2H3. The Bertz CT molecular complexity index is 1310. The summed E-state index contributed by atoms with van der Waals surface area (Å²) in [4.78, 5) is 11.7. The number of rotatable bonds is 6. The Morgan fingerprint density at radius 3 is 2.60 bits per heavy atom. The zero-order chi connectivity index (χ0) is 21.3. The molecule has 0 aliphatic heterocycles. The van der Waals surface area contributed by atoms with Crippen molar-refractivity contribution in [3.05, 3.63) is 78.1 Å². The molecule has 0 radical (unpaired) electrons. The molecule has 10 heteroatoms. The Kier molecular flexibility index (Phi) is 5.00. The van der Waals surface area contributed by atoms with Crippen LogP contribution in [0.25, 0.3) is 5.65 Å². The van der Waals surface area contributed by atoms with Crippen LogP contribution in [0.3, 0.4) is 0 Å². The van der Waals surface area contributed by atoms with E-state index in [9.17, 15) is 13.2 Å². The van der Waals surface area contributed by atoms with Crippen molar-refractivity contribution in [1.29, 1.82) is 0 Å². The van der Waals surface area contributed by atoms with Crippen LogP contribution in [0.4, 0.5) is 5.69 Å². The number of nitrogens with zero attached hydrogens (tertiary/aromatic N) is 4. The van der Waals surface area contributed by atoms with E-state index in [1.54, 1.807) is 53.8 Å². The fourth-order valence-corrected chi connectivity index (χ4v) is 4.42. The van der Waals surface area contributed by atoms with Crippen molar-refractivity contribution in [3.63, 3.8) is 0 Å². The lowest BCUT2D eigenvalue weighted by atomic mass is 10.3. The molecule has 0 aliphatic rings. The minimum atomic E-state index is -3.97. The van der Waals surface area contributed by atoms with E-state index in [0.29, 0.717) is 22.9 Å². The molecule has 0 unspecified atom stereocenters. The molecular formula is C20H18N4O5S. The molecule has 0 aliphatic carbocycles. The lowest BCUT2D eigenvalue weighted by Gasteiger charge is -2.23. The van der Waals surface area contributed by atoms with Gasteiger partial charge in [0.25, 0.3) is 10.0 Å². The van der Waals surface area contributed by atoms with Crippen LogP contribution < -0.4 is 4.31 Å². The Hall–Kier alpha value is -3.66. The predicted octanol–water partition coefficient (Wildman–Crippen LogP) is 2.81. The topological polar surface area (TPSA) is 107 Å². The summed E-state index contributed by atoms with van der Waals surface area (Å²) in [5, 5.41) is 7.95. The predicted molar refractivity (Wildman–Crippen MR) is 108 cm³/mol. The zero-order valence-corrected chi connectivity index (χ0v) is 17.0. The van der Waals surface area contributed by atoms with Gasteiger partial charge in [-0.05, 0) is 43.3 Å². The molecule has 3 heterocycles. The molecule has 0 amide bonds. The molecule has 0 saturated carbocycles. The molecule has 3 aromatic heterocycles. The van der Waals surface area contributed by atoms with Crippen LogP contribution in [0.15, 0.2) is 70.1 Å². The van der Waals surface area contributed by atoms with E-state index in [2.05, 4.69) is 14.9 Å². The summed E-state index contributed by atoms with van der Waals surface area (Å²) in [5.41, 5.74) is 1.00. The van der Waals surface area contributed by atoms with Crippen LogP contribution in [0, 0.1) is 6.92 Å². The van der Waals surface area contributed by atoms with E-state index in [1.807, 2.05) is 0 Å². The number of furan rings is 1. The van der Waals surface area contributed by atoms with Gasteiger partial charge in [-0.2, -0.15) is 0 Å². The summed E-state index contributed by atoms with van der Waals surface area (Å²) >= 11 is 0. The van der Waals surface area contributed by atoms with Crippen molar-refractivity contribution in [2.24, 2.45) is 0 Å².